The number of phenolic OH excluding ortho intramolecular Hbond substituents is 1. The number of imidazole rings is 1. The van der Waals surface area contributed by atoms with Crippen molar-refractivity contribution >= 4 is 87.8 Å². The lowest BCUT2D eigenvalue weighted by Gasteiger charge is -2.50. The molecule has 2 saturated heterocycles. The predicted molar refractivity (Wildman–Crippen MR) is 404 cm³/mol. The van der Waals surface area contributed by atoms with Crippen LogP contribution in [0.25, 0.3) is 10.9 Å². The molecule has 13 atom stereocenters. The van der Waals surface area contributed by atoms with Crippen LogP contribution in [0.1, 0.15) is 164 Å². The van der Waals surface area contributed by atoms with Gasteiger partial charge in [-0.3, -0.25) is 62.3 Å². The highest BCUT2D eigenvalue weighted by atomic mass is 19.1. The van der Waals surface area contributed by atoms with Gasteiger partial charge >= 0.3 is 5.97 Å². The van der Waals surface area contributed by atoms with E-state index in [0.717, 1.165) is 51.4 Å². The summed E-state index contributed by atoms with van der Waals surface area (Å²) in [7, 11) is 0. The molecule has 4 unspecified atom stereocenters. The average Bonchev–Trinajstić information content (AvgIpc) is 1.56. The Morgan fingerprint density at radius 1 is 0.670 bits per heavy atom. The first-order valence-corrected chi connectivity index (χ1v) is 38.8. The van der Waals surface area contributed by atoms with Crippen molar-refractivity contribution in [2.75, 3.05) is 19.6 Å². The number of amides is 12. The normalized spacial score (nSPS) is 28.2. The van der Waals surface area contributed by atoms with Crippen molar-refractivity contribution < 1.29 is 81.3 Å². The number of aliphatic carboxylic acids is 1. The molecular formula is C79H104F2N16O15. The zero-order chi connectivity index (χ0) is 80.4. The predicted octanol–water partition coefficient (Wildman–Crippen LogP) is 2.42. The van der Waals surface area contributed by atoms with E-state index in [1.54, 1.807) is 24.3 Å². The minimum atomic E-state index is -2.04. The van der Waals surface area contributed by atoms with E-state index in [1.807, 2.05) is 0 Å². The minimum Gasteiger partial charge on any atom is -0.508 e. The van der Waals surface area contributed by atoms with Crippen LogP contribution in [0, 0.1) is 23.1 Å². The molecule has 3 aromatic carbocycles. The van der Waals surface area contributed by atoms with Gasteiger partial charge < -0.3 is 89.3 Å². The third-order valence-corrected chi connectivity index (χ3v) is 22.8. The Balaban J connectivity index is 1.01. The zero-order valence-electron chi connectivity index (χ0n) is 63.3. The van der Waals surface area contributed by atoms with Gasteiger partial charge in [0.1, 0.15) is 71.6 Å². The van der Waals surface area contributed by atoms with Crippen molar-refractivity contribution in [1.82, 2.24) is 78.3 Å². The van der Waals surface area contributed by atoms with E-state index in [2.05, 4.69) is 73.4 Å². The summed E-state index contributed by atoms with van der Waals surface area (Å²) in [4.78, 5) is 197. The van der Waals surface area contributed by atoms with Crippen LogP contribution in [0.2, 0.25) is 0 Å². The number of carbonyl (C=O) groups excluding carboxylic acids is 12. The summed E-state index contributed by atoms with van der Waals surface area (Å²) < 4.78 is 31.6. The molecule has 31 nitrogen and oxygen atoms in total. The SMILES string of the molecule is CC(=O)N[C@H]1Cc2ccc(cc2)CNC(=O)CCC[C@@H](C(N)=O)NC(=O)[C@]2(C)CCCN2C(=O)[C@H](Cc2ccc(O)cc2)NC(=O)[C@H](Cc2cnc[nH]2)NC(=O)[C@H](CC(=O)O)NC(=O)[C@H](CC2CNC3CCC(F)CC23C2CCCCCCCC2)NC(=O)[C@H](Cc2c[nH]c3ccc(F)cc23)NC(=O)CNC(=O)[C@H](C)NC1=O. The Hall–Kier alpha value is -10.9. The van der Waals surface area contributed by atoms with E-state index >= 15 is 32.8 Å². The van der Waals surface area contributed by atoms with Crippen LogP contribution in [0.5, 0.6) is 5.75 Å². The number of nitrogens with one attached hydrogen (secondary N) is 13. The highest BCUT2D eigenvalue weighted by Gasteiger charge is 2.58. The lowest BCUT2D eigenvalue weighted by Crippen LogP contribution is -2.63. The molecular weight excluding hydrogens is 1450 g/mol. The van der Waals surface area contributed by atoms with Crippen LogP contribution in [-0.2, 0) is 94.6 Å². The summed E-state index contributed by atoms with van der Waals surface area (Å²) >= 11 is 0. The largest absolute Gasteiger partial charge is 0.508 e. The zero-order valence-corrected chi connectivity index (χ0v) is 63.3. The molecule has 4 fully saturated rings. The summed E-state index contributed by atoms with van der Waals surface area (Å²) in [5, 5.41) is 51.4. The van der Waals surface area contributed by atoms with Gasteiger partial charge in [-0.25, -0.2) is 13.8 Å². The molecule has 33 heteroatoms. The molecule has 4 aliphatic heterocycles. The lowest BCUT2D eigenvalue weighted by atomic mass is 9.55. The summed E-state index contributed by atoms with van der Waals surface area (Å²) in [5.74, 6) is -13.4. The number of aromatic hydroxyl groups is 1. The maximum absolute atomic E-state index is 16.5. The minimum absolute atomic E-state index is 0.0225. The van der Waals surface area contributed by atoms with Gasteiger partial charge in [-0.1, -0.05) is 74.9 Å². The Morgan fingerprint density at radius 2 is 1.33 bits per heavy atom. The molecule has 2 aliphatic carbocycles. The van der Waals surface area contributed by atoms with E-state index in [0.29, 0.717) is 39.6 Å². The van der Waals surface area contributed by atoms with Crippen LogP contribution < -0.4 is 64.2 Å². The number of aromatic amines is 2. The Morgan fingerprint density at radius 3 is 2.02 bits per heavy atom. The standard InChI is InChI=1S/C79H104F2N16O15/c1-44-70(105)87-42-67(101)91-60(32-49-39-84-57-26-22-52(80)34-56(49)57)72(107)92-61(33-51-40-85-65-27-23-53(81)37-79(51,65)50-12-8-6-4-5-7-9-13-50)73(108)94-63(36-68(102)103)75(110)93-62(35-54-41-83-43-88-54)74(109)95-64(31-47-20-24-55(99)25-21-47)76(111)97-29-11-28-78(97,3)77(112)96-58(69(82)104)14-10-15-66(100)86-38-48-18-16-46(17-19-48)30-59(71(106)89-44)90-45(2)98/h16-22,24-26,34,39,41,43-44,50-51,53,58-65,84-85,99H,4-15,23,27-33,35-38,40,42H2,1-3H3,(H2,82,104)(H,83,88)(H,86,100)(H,87,105)(H,89,106)(H,90,98)(H,91,101)(H,92,107)(H,93,110)(H,94,108)(H,95,109)(H,96,112)(H,102,103)/t44-,51?,53?,58-,59-,60-,61-,62-,63-,64-,65?,78-,79?/m0/s1. The summed E-state index contributed by atoms with van der Waals surface area (Å²) in [5.41, 5.74) is 6.07. The molecule has 5 aromatic rings. The number of carboxylic acids is 1. The fourth-order valence-electron chi connectivity index (χ4n) is 16.9. The van der Waals surface area contributed by atoms with E-state index < -0.39 is 167 Å². The van der Waals surface area contributed by atoms with Crippen molar-refractivity contribution in [3.05, 3.63) is 119 Å². The number of alkyl halides is 1. The number of phenols is 1. The smallest absolute Gasteiger partial charge is 0.305 e. The fraction of sp³-hybridized carbons (Fsp3) is 0.544. The molecule has 2 bridgehead atoms. The first kappa shape index (κ1) is 83.6. The summed E-state index contributed by atoms with van der Waals surface area (Å²) in [6.07, 6.45) is 8.85. The summed E-state index contributed by atoms with van der Waals surface area (Å²) in [6.45, 7) is 3.52. The molecule has 11 rings (SSSR count). The Kier molecular flexibility index (Phi) is 28.7. The fourth-order valence-corrected chi connectivity index (χ4v) is 16.9. The average molecular weight is 1560 g/mol. The van der Waals surface area contributed by atoms with Crippen molar-refractivity contribution in [3.63, 3.8) is 0 Å². The molecule has 2 saturated carbocycles. The Bertz CT molecular complexity index is 4210. The third kappa shape index (κ3) is 21.8. The quantitative estimate of drug-likeness (QED) is 0.0753. The highest BCUT2D eigenvalue weighted by Crippen LogP contribution is 2.56. The molecule has 604 valence electrons. The number of carboxylic acid groups (broad SMARTS) is 1. The number of carbonyl (C=O) groups is 13. The third-order valence-electron chi connectivity index (χ3n) is 22.8. The molecule has 2 aromatic heterocycles. The van der Waals surface area contributed by atoms with Crippen molar-refractivity contribution in [3.8, 4) is 5.75 Å². The van der Waals surface area contributed by atoms with Gasteiger partial charge in [0.05, 0.1) is 19.3 Å². The van der Waals surface area contributed by atoms with Crippen LogP contribution in [-0.4, -0.2) is 193 Å². The number of halogens is 2. The highest BCUT2D eigenvalue weighted by molar-refractivity contribution is 6.00. The number of benzene rings is 3. The first-order chi connectivity index (χ1) is 53.5. The molecule has 112 heavy (non-hydrogen) atoms. The number of nitrogens with two attached hydrogens (primary N) is 1. The van der Waals surface area contributed by atoms with Gasteiger partial charge in [0.2, 0.25) is 70.9 Å². The Labute approximate surface area is 646 Å². The number of hydrogen-bond acceptors (Lipinski definition) is 16. The lowest BCUT2D eigenvalue weighted by molar-refractivity contribution is -0.147. The van der Waals surface area contributed by atoms with Crippen molar-refractivity contribution in [1.29, 1.82) is 0 Å². The van der Waals surface area contributed by atoms with Crippen LogP contribution >= 0.6 is 0 Å². The maximum Gasteiger partial charge on any atom is 0.305 e. The van der Waals surface area contributed by atoms with E-state index in [9.17, 15) is 48.6 Å². The monoisotopic (exact) mass is 1550 g/mol. The molecule has 6 heterocycles. The van der Waals surface area contributed by atoms with Crippen LogP contribution in [0.15, 0.2) is 85.5 Å². The van der Waals surface area contributed by atoms with Crippen molar-refractivity contribution in [2.24, 2.45) is 23.0 Å². The maximum atomic E-state index is 16.5. The molecule has 12 amide bonds. The van der Waals surface area contributed by atoms with E-state index in [1.165, 1.54) is 86.9 Å². The van der Waals surface area contributed by atoms with E-state index in [-0.39, 0.29) is 120 Å². The second-order valence-electron chi connectivity index (χ2n) is 30.8. The number of nitrogens with zero attached hydrogens (tertiary/aromatic N) is 2. The molecule has 0 spiro atoms. The van der Waals surface area contributed by atoms with Crippen LogP contribution in [0.3, 0.4) is 0 Å². The van der Waals surface area contributed by atoms with Gasteiger partial charge in [0.15, 0.2) is 0 Å². The molecule has 6 aliphatic rings. The summed E-state index contributed by atoms with van der Waals surface area (Å²) in [6, 6.07) is 3.64. The van der Waals surface area contributed by atoms with Gasteiger partial charge in [-0.2, -0.15) is 0 Å². The van der Waals surface area contributed by atoms with Gasteiger partial charge in [-0.05, 0) is 154 Å². The van der Waals surface area contributed by atoms with Gasteiger partial charge in [0.25, 0.3) is 0 Å². The second-order valence-corrected chi connectivity index (χ2v) is 30.8. The van der Waals surface area contributed by atoms with Gasteiger partial charge in [-0.15, -0.1) is 0 Å². The first-order valence-electron chi connectivity index (χ1n) is 38.8. The van der Waals surface area contributed by atoms with Crippen LogP contribution in [0.4, 0.5) is 8.78 Å². The second kappa shape index (κ2) is 38.4. The van der Waals surface area contributed by atoms with E-state index in [4.69, 9.17) is 5.73 Å². The number of aromatic nitrogens is 3. The number of fused-ring (bicyclic) bond motifs is 35. The van der Waals surface area contributed by atoms with Gasteiger partial charge in [0, 0.05) is 87.1 Å². The molecule has 0 radical (unpaired) electrons. The van der Waals surface area contributed by atoms with Crippen molar-refractivity contribution in [2.45, 2.75) is 235 Å². The number of H-pyrrole nitrogens is 2. The number of primary amides is 1. The topological polar surface area (TPSA) is 468 Å². The molecule has 17 N–H and O–H groups in total. The number of hydrogen-bond donors (Lipinski definition) is 16. The number of rotatable bonds is 13.